The van der Waals surface area contributed by atoms with Gasteiger partial charge in [-0.1, -0.05) is 18.6 Å². The molecule has 2 fully saturated rings. The molecule has 0 aliphatic heterocycles. The second kappa shape index (κ2) is 7.78. The summed E-state index contributed by atoms with van der Waals surface area (Å²) in [7, 11) is -3.93. The highest BCUT2D eigenvalue weighted by Crippen LogP contribution is 2.49. The summed E-state index contributed by atoms with van der Waals surface area (Å²) in [6.07, 6.45) is 4.96. The van der Waals surface area contributed by atoms with Gasteiger partial charge in [0.15, 0.2) is 0 Å². The van der Waals surface area contributed by atoms with Crippen LogP contribution in [0, 0.1) is 23.6 Å². The molecule has 2 N–H and O–H groups in total. The monoisotopic (exact) mass is 416 g/mol. The van der Waals surface area contributed by atoms with Crippen molar-refractivity contribution in [1.82, 2.24) is 5.32 Å². The molecule has 7 heteroatoms. The second-order valence-electron chi connectivity index (χ2n) is 8.21. The van der Waals surface area contributed by atoms with E-state index in [1.807, 2.05) is 6.92 Å². The van der Waals surface area contributed by atoms with E-state index in [4.69, 9.17) is 0 Å². The molecule has 2 bridgehead atoms. The first-order chi connectivity index (χ1) is 13.8. The van der Waals surface area contributed by atoms with Crippen LogP contribution in [0.4, 0.5) is 10.1 Å². The summed E-state index contributed by atoms with van der Waals surface area (Å²) in [6.45, 7) is 2.04. The van der Waals surface area contributed by atoms with E-state index in [2.05, 4.69) is 10.0 Å². The zero-order valence-electron chi connectivity index (χ0n) is 16.3. The number of rotatable bonds is 6. The fraction of sp³-hybridized carbons (Fsp3) is 0.409. The molecule has 154 valence electrons. The SMILES string of the molecule is C[C@H](NC(=O)c1ccccc1NS(=O)(=O)c1ccc(F)cc1)[C@H]1C[C@H]2CC[C@H]1C2. The molecule has 4 atom stereocenters. The molecule has 0 spiro atoms. The number of nitrogens with one attached hydrogen (secondary N) is 2. The van der Waals surface area contributed by atoms with E-state index in [0.717, 1.165) is 24.5 Å². The summed E-state index contributed by atoms with van der Waals surface area (Å²) in [6, 6.07) is 11.1. The summed E-state index contributed by atoms with van der Waals surface area (Å²) in [5.41, 5.74) is 0.475. The Morgan fingerprint density at radius 1 is 1.07 bits per heavy atom. The number of benzene rings is 2. The van der Waals surface area contributed by atoms with Gasteiger partial charge in [0.2, 0.25) is 0 Å². The highest BCUT2D eigenvalue weighted by molar-refractivity contribution is 7.92. The maximum atomic E-state index is 13.1. The highest BCUT2D eigenvalue weighted by atomic mass is 32.2. The van der Waals surface area contributed by atoms with Gasteiger partial charge < -0.3 is 5.32 Å². The third kappa shape index (κ3) is 4.15. The lowest BCUT2D eigenvalue weighted by atomic mass is 9.84. The van der Waals surface area contributed by atoms with Crippen molar-refractivity contribution in [2.75, 3.05) is 4.72 Å². The van der Waals surface area contributed by atoms with Gasteiger partial charge in [-0.05, 0) is 80.3 Å². The van der Waals surface area contributed by atoms with Gasteiger partial charge >= 0.3 is 0 Å². The number of hydrogen-bond acceptors (Lipinski definition) is 3. The summed E-state index contributed by atoms with van der Waals surface area (Å²) >= 11 is 0. The number of hydrogen-bond donors (Lipinski definition) is 2. The Hall–Kier alpha value is -2.41. The van der Waals surface area contributed by atoms with Gasteiger partial charge in [-0.25, -0.2) is 12.8 Å². The van der Waals surface area contributed by atoms with Crippen molar-refractivity contribution >= 4 is 21.6 Å². The van der Waals surface area contributed by atoms with Crippen LogP contribution in [0.2, 0.25) is 0 Å². The molecule has 0 heterocycles. The van der Waals surface area contributed by atoms with Crippen molar-refractivity contribution in [2.24, 2.45) is 17.8 Å². The number of carbonyl (C=O) groups excluding carboxylic acids is 1. The van der Waals surface area contributed by atoms with Gasteiger partial charge in [0, 0.05) is 6.04 Å². The third-order valence-electron chi connectivity index (χ3n) is 6.33. The van der Waals surface area contributed by atoms with E-state index in [-0.39, 0.29) is 28.1 Å². The predicted molar refractivity (Wildman–Crippen MR) is 110 cm³/mol. The fourth-order valence-corrected chi connectivity index (χ4v) is 5.97. The van der Waals surface area contributed by atoms with E-state index in [9.17, 15) is 17.6 Å². The highest BCUT2D eigenvalue weighted by Gasteiger charge is 2.42. The van der Waals surface area contributed by atoms with Crippen LogP contribution in [0.1, 0.15) is 43.0 Å². The van der Waals surface area contributed by atoms with E-state index >= 15 is 0 Å². The molecule has 0 radical (unpaired) electrons. The van der Waals surface area contributed by atoms with E-state index in [1.54, 1.807) is 24.3 Å². The molecule has 2 saturated carbocycles. The number of carbonyl (C=O) groups is 1. The van der Waals surface area contributed by atoms with Gasteiger partial charge in [-0.15, -0.1) is 0 Å². The number of para-hydroxylation sites is 1. The van der Waals surface area contributed by atoms with Crippen molar-refractivity contribution in [3.05, 3.63) is 59.9 Å². The molecule has 5 nitrogen and oxygen atoms in total. The number of halogens is 1. The average molecular weight is 417 g/mol. The molecular weight excluding hydrogens is 391 g/mol. The topological polar surface area (TPSA) is 75.3 Å². The van der Waals surface area contributed by atoms with Crippen molar-refractivity contribution in [2.45, 2.75) is 43.5 Å². The third-order valence-corrected chi connectivity index (χ3v) is 7.72. The van der Waals surface area contributed by atoms with E-state index < -0.39 is 15.8 Å². The summed E-state index contributed by atoms with van der Waals surface area (Å²) in [5.74, 6) is 1.15. The quantitative estimate of drug-likeness (QED) is 0.742. The summed E-state index contributed by atoms with van der Waals surface area (Å²) < 4.78 is 40.9. The molecule has 2 aliphatic carbocycles. The molecule has 2 aromatic rings. The average Bonchev–Trinajstić information content (AvgIpc) is 3.32. The molecule has 29 heavy (non-hydrogen) atoms. The smallest absolute Gasteiger partial charge is 0.261 e. The molecule has 1 amide bonds. The molecule has 2 aliphatic rings. The normalized spacial score (nSPS) is 24.3. The molecule has 0 unspecified atom stereocenters. The minimum atomic E-state index is -3.93. The van der Waals surface area contributed by atoms with E-state index in [0.29, 0.717) is 11.8 Å². The van der Waals surface area contributed by atoms with Gasteiger partial charge in [-0.3, -0.25) is 9.52 Å². The molecular formula is C22H25FN2O3S. The van der Waals surface area contributed by atoms with Crippen LogP contribution in [0.25, 0.3) is 0 Å². The van der Waals surface area contributed by atoms with E-state index in [1.165, 1.54) is 31.4 Å². The van der Waals surface area contributed by atoms with Crippen LogP contribution < -0.4 is 10.0 Å². The Morgan fingerprint density at radius 2 is 1.79 bits per heavy atom. The maximum absolute atomic E-state index is 13.1. The summed E-state index contributed by atoms with van der Waals surface area (Å²) in [4.78, 5) is 12.8. The number of sulfonamides is 1. The number of fused-ring (bicyclic) bond motifs is 2. The van der Waals surface area contributed by atoms with Gasteiger partial charge in [0.1, 0.15) is 5.82 Å². The van der Waals surface area contributed by atoms with Crippen LogP contribution in [0.15, 0.2) is 53.4 Å². The zero-order chi connectivity index (χ0) is 20.6. The van der Waals surface area contributed by atoms with Gasteiger partial charge in [0.05, 0.1) is 16.1 Å². The first-order valence-corrected chi connectivity index (χ1v) is 11.5. The number of anilines is 1. The van der Waals surface area contributed by atoms with Gasteiger partial charge in [-0.2, -0.15) is 0 Å². The minimum absolute atomic E-state index is 0.0413. The largest absolute Gasteiger partial charge is 0.349 e. The molecule has 4 rings (SSSR count). The van der Waals surface area contributed by atoms with Gasteiger partial charge in [0.25, 0.3) is 15.9 Å². The minimum Gasteiger partial charge on any atom is -0.349 e. The Kier molecular flexibility index (Phi) is 5.34. The first kappa shape index (κ1) is 19.9. The first-order valence-electron chi connectivity index (χ1n) is 10.0. The van der Waals surface area contributed by atoms with Crippen molar-refractivity contribution in [3.63, 3.8) is 0 Å². The van der Waals surface area contributed by atoms with Crippen LogP contribution in [-0.2, 0) is 10.0 Å². The maximum Gasteiger partial charge on any atom is 0.261 e. The molecule has 0 aromatic heterocycles. The van der Waals surface area contributed by atoms with Crippen LogP contribution in [-0.4, -0.2) is 20.4 Å². The second-order valence-corrected chi connectivity index (χ2v) is 9.89. The Balaban J connectivity index is 1.50. The Labute approximate surface area is 170 Å². The lowest BCUT2D eigenvalue weighted by Gasteiger charge is -2.28. The van der Waals surface area contributed by atoms with Crippen molar-refractivity contribution < 1.29 is 17.6 Å². The van der Waals surface area contributed by atoms with Crippen LogP contribution in [0.3, 0.4) is 0 Å². The Morgan fingerprint density at radius 3 is 2.45 bits per heavy atom. The molecule has 0 saturated heterocycles. The molecule has 2 aromatic carbocycles. The lowest BCUT2D eigenvalue weighted by Crippen LogP contribution is -2.40. The standard InChI is InChI=1S/C22H25FN2O3S/c1-14(20-13-15-6-7-16(20)12-15)24-22(26)19-4-2-3-5-21(19)25-29(27,28)18-10-8-17(23)9-11-18/h2-5,8-11,14-16,20,25H,6-7,12-13H2,1H3,(H,24,26)/t14-,15-,16-,20+/m0/s1. The number of amides is 1. The fourth-order valence-electron chi connectivity index (χ4n) is 4.89. The van der Waals surface area contributed by atoms with Crippen LogP contribution in [0.5, 0.6) is 0 Å². The predicted octanol–water partition coefficient (Wildman–Crippen LogP) is 4.18. The Bertz CT molecular complexity index is 1010. The van der Waals surface area contributed by atoms with Crippen molar-refractivity contribution in [1.29, 1.82) is 0 Å². The zero-order valence-corrected chi connectivity index (χ0v) is 17.1. The summed E-state index contributed by atoms with van der Waals surface area (Å²) in [5, 5.41) is 3.07. The van der Waals surface area contributed by atoms with Crippen LogP contribution >= 0.6 is 0 Å². The van der Waals surface area contributed by atoms with Crippen molar-refractivity contribution in [3.8, 4) is 0 Å². The lowest BCUT2D eigenvalue weighted by molar-refractivity contribution is 0.0916.